The number of nitrogen functional groups attached to an aromatic ring is 1. The number of benzene rings is 2. The first-order chi connectivity index (χ1) is 9.78. The van der Waals surface area contributed by atoms with Crippen LogP contribution in [0.15, 0.2) is 54.7 Å². The quantitative estimate of drug-likeness (QED) is 0.766. The number of anilines is 1. The number of nitrogens with two attached hydrogens (primary N) is 1. The van der Waals surface area contributed by atoms with Crippen molar-refractivity contribution >= 4 is 16.5 Å². The molecule has 1 aromatic heterocycles. The maximum absolute atomic E-state index is 8.80. The molecule has 3 aromatic rings. The van der Waals surface area contributed by atoms with Crippen LogP contribution in [0.2, 0.25) is 0 Å². The van der Waals surface area contributed by atoms with E-state index in [9.17, 15) is 0 Å². The van der Waals surface area contributed by atoms with Crippen molar-refractivity contribution < 1.29 is 4.74 Å². The van der Waals surface area contributed by atoms with E-state index in [4.69, 9.17) is 15.7 Å². The summed E-state index contributed by atoms with van der Waals surface area (Å²) in [6.07, 6.45) is 1.44. The van der Waals surface area contributed by atoms with E-state index in [2.05, 4.69) is 4.98 Å². The van der Waals surface area contributed by atoms with Gasteiger partial charge in [-0.15, -0.1) is 0 Å². The van der Waals surface area contributed by atoms with Crippen LogP contribution in [-0.4, -0.2) is 4.98 Å². The third-order valence-electron chi connectivity index (χ3n) is 2.96. The van der Waals surface area contributed by atoms with Gasteiger partial charge in [0.1, 0.15) is 11.8 Å². The number of nitriles is 1. The van der Waals surface area contributed by atoms with Crippen molar-refractivity contribution in [1.29, 1.82) is 5.26 Å². The summed E-state index contributed by atoms with van der Waals surface area (Å²) >= 11 is 0. The van der Waals surface area contributed by atoms with Crippen LogP contribution in [0.3, 0.4) is 0 Å². The number of nitrogens with zero attached hydrogens (tertiary/aromatic N) is 2. The van der Waals surface area contributed by atoms with Crippen LogP contribution < -0.4 is 10.5 Å². The maximum atomic E-state index is 8.80. The topological polar surface area (TPSA) is 71.9 Å². The minimum absolute atomic E-state index is 0.306. The Morgan fingerprint density at radius 1 is 1.10 bits per heavy atom. The molecule has 0 fully saturated rings. The molecule has 0 saturated heterocycles. The first-order valence-corrected chi connectivity index (χ1v) is 6.09. The highest BCUT2D eigenvalue weighted by Gasteiger charge is 2.07. The third-order valence-corrected chi connectivity index (χ3v) is 2.96. The molecular formula is C16H11N3O. The van der Waals surface area contributed by atoms with E-state index in [0.717, 1.165) is 10.8 Å². The zero-order chi connectivity index (χ0) is 13.9. The molecule has 0 atom stereocenters. The van der Waals surface area contributed by atoms with Crippen molar-refractivity contribution in [3.8, 4) is 17.7 Å². The van der Waals surface area contributed by atoms with Crippen molar-refractivity contribution in [2.24, 2.45) is 0 Å². The lowest BCUT2D eigenvalue weighted by atomic mass is 10.1. The zero-order valence-electron chi connectivity index (χ0n) is 10.6. The standard InChI is InChI=1S/C16H11N3O/c17-9-11-8-14(18)16(19-10-11)20-15-7-3-5-12-4-1-2-6-13(12)15/h1-8,10H,18H2. The lowest BCUT2D eigenvalue weighted by Crippen LogP contribution is -1.96. The van der Waals surface area contributed by atoms with E-state index in [1.54, 1.807) is 6.07 Å². The molecule has 0 amide bonds. The summed E-state index contributed by atoms with van der Waals surface area (Å²) in [6.45, 7) is 0. The van der Waals surface area contributed by atoms with E-state index >= 15 is 0 Å². The van der Waals surface area contributed by atoms with Crippen LogP contribution in [-0.2, 0) is 0 Å². The van der Waals surface area contributed by atoms with Crippen LogP contribution in [0.1, 0.15) is 5.56 Å². The van der Waals surface area contributed by atoms with Gasteiger partial charge in [-0.05, 0) is 17.5 Å². The predicted molar refractivity (Wildman–Crippen MR) is 77.4 cm³/mol. The Morgan fingerprint density at radius 3 is 2.70 bits per heavy atom. The monoisotopic (exact) mass is 261 g/mol. The van der Waals surface area contributed by atoms with Crippen molar-refractivity contribution in [2.45, 2.75) is 0 Å². The van der Waals surface area contributed by atoms with Crippen LogP contribution in [0, 0.1) is 11.3 Å². The fraction of sp³-hybridized carbons (Fsp3) is 0. The molecule has 0 aliphatic heterocycles. The number of aromatic nitrogens is 1. The number of hydrogen-bond donors (Lipinski definition) is 1. The molecule has 0 aliphatic carbocycles. The van der Waals surface area contributed by atoms with Crippen molar-refractivity contribution in [3.63, 3.8) is 0 Å². The van der Waals surface area contributed by atoms with E-state index in [1.165, 1.54) is 6.20 Å². The molecule has 2 aromatic carbocycles. The third kappa shape index (κ3) is 2.13. The second-order valence-electron chi connectivity index (χ2n) is 4.31. The van der Waals surface area contributed by atoms with Gasteiger partial charge < -0.3 is 10.5 Å². The molecule has 0 radical (unpaired) electrons. The molecule has 0 aliphatic rings. The highest BCUT2D eigenvalue weighted by Crippen LogP contribution is 2.31. The van der Waals surface area contributed by atoms with Gasteiger partial charge in [-0.2, -0.15) is 5.26 Å². The van der Waals surface area contributed by atoms with Crippen LogP contribution >= 0.6 is 0 Å². The molecular weight excluding hydrogens is 250 g/mol. The van der Waals surface area contributed by atoms with Gasteiger partial charge in [-0.3, -0.25) is 0 Å². The molecule has 0 bridgehead atoms. The smallest absolute Gasteiger partial charge is 0.242 e. The Kier molecular flexibility index (Phi) is 2.94. The van der Waals surface area contributed by atoms with Gasteiger partial charge in [0, 0.05) is 11.6 Å². The van der Waals surface area contributed by atoms with E-state index in [-0.39, 0.29) is 0 Å². The number of rotatable bonds is 2. The maximum Gasteiger partial charge on any atom is 0.242 e. The summed E-state index contributed by atoms with van der Waals surface area (Å²) in [4.78, 5) is 4.08. The molecule has 4 nitrogen and oxygen atoms in total. The molecule has 4 heteroatoms. The van der Waals surface area contributed by atoms with E-state index < -0.39 is 0 Å². The number of hydrogen-bond acceptors (Lipinski definition) is 4. The molecule has 0 saturated carbocycles. The van der Waals surface area contributed by atoms with Crippen molar-refractivity contribution in [1.82, 2.24) is 4.98 Å². The predicted octanol–water partition coefficient (Wildman–Crippen LogP) is 3.48. The zero-order valence-corrected chi connectivity index (χ0v) is 10.6. The Morgan fingerprint density at radius 2 is 1.90 bits per heavy atom. The first kappa shape index (κ1) is 12.0. The minimum Gasteiger partial charge on any atom is -0.436 e. The highest BCUT2D eigenvalue weighted by molar-refractivity contribution is 5.88. The van der Waals surface area contributed by atoms with Gasteiger partial charge in [0.25, 0.3) is 0 Å². The lowest BCUT2D eigenvalue weighted by molar-refractivity contribution is 0.471. The molecule has 0 unspecified atom stereocenters. The average molecular weight is 261 g/mol. The molecule has 2 N–H and O–H groups in total. The number of ether oxygens (including phenoxy) is 1. The summed E-state index contributed by atoms with van der Waals surface area (Å²) in [5.41, 5.74) is 6.60. The molecule has 1 heterocycles. The van der Waals surface area contributed by atoms with Gasteiger partial charge in [0.15, 0.2) is 0 Å². The Balaban J connectivity index is 2.04. The molecule has 20 heavy (non-hydrogen) atoms. The summed E-state index contributed by atoms with van der Waals surface area (Å²) in [7, 11) is 0. The van der Waals surface area contributed by atoms with Crippen molar-refractivity contribution in [2.75, 3.05) is 5.73 Å². The largest absolute Gasteiger partial charge is 0.436 e. The minimum atomic E-state index is 0.306. The Bertz CT molecular complexity index is 816. The lowest BCUT2D eigenvalue weighted by Gasteiger charge is -2.09. The normalized spacial score (nSPS) is 10.2. The number of fused-ring (bicyclic) bond motifs is 1. The van der Waals surface area contributed by atoms with Gasteiger partial charge in [0.2, 0.25) is 5.88 Å². The Hall–Kier alpha value is -3.06. The van der Waals surface area contributed by atoms with Gasteiger partial charge >= 0.3 is 0 Å². The summed E-state index contributed by atoms with van der Waals surface area (Å²) in [6, 6.07) is 17.2. The van der Waals surface area contributed by atoms with Crippen LogP contribution in [0.5, 0.6) is 11.6 Å². The van der Waals surface area contributed by atoms with Gasteiger partial charge in [0.05, 0.1) is 11.3 Å². The second kappa shape index (κ2) is 4.90. The fourth-order valence-electron chi connectivity index (χ4n) is 2.00. The number of pyridine rings is 1. The fourth-order valence-corrected chi connectivity index (χ4v) is 2.00. The Labute approximate surface area is 116 Å². The van der Waals surface area contributed by atoms with Gasteiger partial charge in [-0.1, -0.05) is 36.4 Å². The highest BCUT2D eigenvalue weighted by atomic mass is 16.5. The molecule has 96 valence electrons. The first-order valence-electron chi connectivity index (χ1n) is 6.09. The summed E-state index contributed by atoms with van der Waals surface area (Å²) in [5.74, 6) is 0.993. The van der Waals surface area contributed by atoms with E-state index in [1.807, 2.05) is 48.5 Å². The summed E-state index contributed by atoms with van der Waals surface area (Å²) < 4.78 is 5.78. The molecule has 3 rings (SSSR count). The molecule has 0 spiro atoms. The SMILES string of the molecule is N#Cc1cnc(Oc2cccc3ccccc23)c(N)c1. The van der Waals surface area contributed by atoms with Crippen LogP contribution in [0.25, 0.3) is 10.8 Å². The van der Waals surface area contributed by atoms with E-state index in [0.29, 0.717) is 22.9 Å². The van der Waals surface area contributed by atoms with Crippen molar-refractivity contribution in [3.05, 3.63) is 60.3 Å². The average Bonchev–Trinajstić information content (AvgIpc) is 2.49. The second-order valence-corrected chi connectivity index (χ2v) is 4.31. The summed E-state index contributed by atoms with van der Waals surface area (Å²) in [5, 5.41) is 10.9. The van der Waals surface area contributed by atoms with Gasteiger partial charge in [-0.25, -0.2) is 4.98 Å². The van der Waals surface area contributed by atoms with Crippen LogP contribution in [0.4, 0.5) is 5.69 Å².